The lowest BCUT2D eigenvalue weighted by Crippen LogP contribution is -2.11. The normalized spacial score (nSPS) is 10.5. The van der Waals surface area contributed by atoms with E-state index in [9.17, 15) is 4.79 Å². The second-order valence-corrected chi connectivity index (χ2v) is 5.08. The third-order valence-corrected chi connectivity index (χ3v) is 3.49. The fraction of sp³-hybridized carbons (Fsp3) is 0.111. The van der Waals surface area contributed by atoms with Crippen LogP contribution in [-0.4, -0.2) is 17.1 Å². The lowest BCUT2D eigenvalue weighted by Gasteiger charge is -2.06. The van der Waals surface area contributed by atoms with Crippen molar-refractivity contribution in [1.29, 1.82) is 0 Å². The van der Waals surface area contributed by atoms with Crippen LogP contribution in [0.15, 0.2) is 59.4 Å². The van der Waals surface area contributed by atoms with E-state index in [0.29, 0.717) is 5.69 Å². The highest BCUT2D eigenvalue weighted by Crippen LogP contribution is 2.23. The Labute approximate surface area is 128 Å². The van der Waals surface area contributed by atoms with E-state index in [0.717, 1.165) is 22.6 Å². The van der Waals surface area contributed by atoms with Crippen molar-refractivity contribution in [3.63, 3.8) is 0 Å². The fourth-order valence-electron chi connectivity index (χ4n) is 2.26. The van der Waals surface area contributed by atoms with Crippen LogP contribution >= 0.6 is 0 Å². The number of hydrogen-bond donors (Lipinski definition) is 1. The monoisotopic (exact) mass is 292 g/mol. The molecule has 0 aliphatic carbocycles. The number of aryl methyl sites for hydroxylation is 1. The summed E-state index contributed by atoms with van der Waals surface area (Å²) >= 11 is 0. The molecule has 4 heteroatoms. The van der Waals surface area contributed by atoms with Crippen LogP contribution in [0, 0.1) is 6.92 Å². The molecule has 0 amide bonds. The van der Waals surface area contributed by atoms with Crippen LogP contribution in [0.5, 0.6) is 5.75 Å². The second-order valence-electron chi connectivity index (χ2n) is 5.08. The second kappa shape index (κ2) is 5.85. The zero-order valence-corrected chi connectivity index (χ0v) is 12.5. The molecule has 0 radical (unpaired) electrons. The molecule has 0 atom stereocenters. The van der Waals surface area contributed by atoms with Gasteiger partial charge in [-0.15, -0.1) is 0 Å². The number of hydrogen-bond acceptors (Lipinski definition) is 3. The standard InChI is InChI=1S/C18H16N2O2/c1-12-3-5-13(6-4-12)16-11-17(20-18(21)19-16)14-7-9-15(22-2)10-8-14/h3-11H,1-2H3,(H,19,20,21). The summed E-state index contributed by atoms with van der Waals surface area (Å²) in [6, 6.07) is 17.4. The minimum Gasteiger partial charge on any atom is -0.497 e. The van der Waals surface area contributed by atoms with E-state index >= 15 is 0 Å². The van der Waals surface area contributed by atoms with E-state index in [4.69, 9.17) is 4.74 Å². The van der Waals surface area contributed by atoms with Crippen LogP contribution in [-0.2, 0) is 0 Å². The highest BCUT2D eigenvalue weighted by Gasteiger charge is 2.06. The van der Waals surface area contributed by atoms with Crippen molar-refractivity contribution in [3.05, 3.63) is 70.6 Å². The Morgan fingerprint density at radius 1 is 0.955 bits per heavy atom. The Hall–Kier alpha value is -2.88. The number of H-pyrrole nitrogens is 1. The lowest BCUT2D eigenvalue weighted by molar-refractivity contribution is 0.415. The molecule has 0 aliphatic heterocycles. The number of methoxy groups -OCH3 is 1. The van der Waals surface area contributed by atoms with Gasteiger partial charge in [-0.25, -0.2) is 4.79 Å². The van der Waals surface area contributed by atoms with Crippen LogP contribution in [0.4, 0.5) is 0 Å². The summed E-state index contributed by atoms with van der Waals surface area (Å²) in [5, 5.41) is 0. The largest absolute Gasteiger partial charge is 0.497 e. The molecule has 110 valence electrons. The third-order valence-electron chi connectivity index (χ3n) is 3.49. The van der Waals surface area contributed by atoms with Gasteiger partial charge in [0.05, 0.1) is 18.5 Å². The van der Waals surface area contributed by atoms with Crippen molar-refractivity contribution in [3.8, 4) is 28.3 Å². The van der Waals surface area contributed by atoms with Crippen LogP contribution in [0.1, 0.15) is 5.56 Å². The minimum atomic E-state index is -0.358. The van der Waals surface area contributed by atoms with Crippen molar-refractivity contribution in [2.24, 2.45) is 0 Å². The molecule has 3 aromatic rings. The van der Waals surface area contributed by atoms with Gasteiger partial charge in [0.25, 0.3) is 0 Å². The van der Waals surface area contributed by atoms with Gasteiger partial charge in [0, 0.05) is 5.56 Å². The highest BCUT2D eigenvalue weighted by molar-refractivity contribution is 5.67. The molecular formula is C18H16N2O2. The Morgan fingerprint density at radius 3 is 2.23 bits per heavy atom. The molecule has 0 spiro atoms. The van der Waals surface area contributed by atoms with Crippen molar-refractivity contribution in [2.75, 3.05) is 7.11 Å². The van der Waals surface area contributed by atoms with Gasteiger partial charge < -0.3 is 9.72 Å². The maximum atomic E-state index is 11.9. The first-order chi connectivity index (χ1) is 10.7. The van der Waals surface area contributed by atoms with Crippen molar-refractivity contribution >= 4 is 0 Å². The van der Waals surface area contributed by atoms with Crippen LogP contribution < -0.4 is 10.4 Å². The molecule has 0 bridgehead atoms. The third kappa shape index (κ3) is 2.91. The molecule has 0 saturated heterocycles. The molecule has 1 N–H and O–H groups in total. The highest BCUT2D eigenvalue weighted by atomic mass is 16.5. The quantitative estimate of drug-likeness (QED) is 0.804. The smallest absolute Gasteiger partial charge is 0.345 e. The predicted molar refractivity (Wildman–Crippen MR) is 87.0 cm³/mol. The molecule has 2 aromatic carbocycles. The number of aromatic amines is 1. The first-order valence-corrected chi connectivity index (χ1v) is 6.98. The molecule has 4 nitrogen and oxygen atoms in total. The summed E-state index contributed by atoms with van der Waals surface area (Å²) in [6.45, 7) is 2.03. The van der Waals surface area contributed by atoms with E-state index in [1.807, 2.05) is 61.5 Å². The van der Waals surface area contributed by atoms with E-state index in [1.54, 1.807) is 7.11 Å². The van der Waals surface area contributed by atoms with Gasteiger partial charge in [-0.1, -0.05) is 29.8 Å². The maximum absolute atomic E-state index is 11.9. The van der Waals surface area contributed by atoms with E-state index < -0.39 is 0 Å². The van der Waals surface area contributed by atoms with Gasteiger partial charge in [0.2, 0.25) is 0 Å². The number of rotatable bonds is 3. The van der Waals surface area contributed by atoms with E-state index in [1.165, 1.54) is 5.56 Å². The summed E-state index contributed by atoms with van der Waals surface area (Å²) in [5.41, 5.74) is 4.05. The summed E-state index contributed by atoms with van der Waals surface area (Å²) in [5.74, 6) is 0.771. The first kappa shape index (κ1) is 14.1. The molecule has 1 aromatic heterocycles. The predicted octanol–water partition coefficient (Wildman–Crippen LogP) is 3.42. The Morgan fingerprint density at radius 2 is 1.59 bits per heavy atom. The Bertz CT molecular complexity index is 834. The average Bonchev–Trinajstić information content (AvgIpc) is 2.55. The summed E-state index contributed by atoms with van der Waals surface area (Å²) in [4.78, 5) is 18.7. The molecule has 0 saturated carbocycles. The molecule has 3 rings (SSSR count). The summed E-state index contributed by atoms with van der Waals surface area (Å²) in [7, 11) is 1.62. The van der Waals surface area contributed by atoms with Gasteiger partial charge in [0.15, 0.2) is 0 Å². The molecule has 1 heterocycles. The van der Waals surface area contributed by atoms with Crippen LogP contribution in [0.2, 0.25) is 0 Å². The number of nitrogens with one attached hydrogen (secondary N) is 1. The molecular weight excluding hydrogens is 276 g/mol. The number of aromatic nitrogens is 2. The molecule has 22 heavy (non-hydrogen) atoms. The summed E-state index contributed by atoms with van der Waals surface area (Å²) in [6.07, 6.45) is 0. The van der Waals surface area contributed by atoms with Crippen LogP contribution in [0.25, 0.3) is 22.5 Å². The maximum Gasteiger partial charge on any atom is 0.345 e. The number of nitrogens with zero attached hydrogens (tertiary/aromatic N) is 1. The topological polar surface area (TPSA) is 55.0 Å². The fourth-order valence-corrected chi connectivity index (χ4v) is 2.26. The van der Waals surface area contributed by atoms with Crippen molar-refractivity contribution < 1.29 is 4.74 Å². The number of ether oxygens (including phenoxy) is 1. The van der Waals surface area contributed by atoms with Gasteiger partial charge in [-0.2, -0.15) is 4.98 Å². The van der Waals surface area contributed by atoms with E-state index in [2.05, 4.69) is 9.97 Å². The Balaban J connectivity index is 2.05. The first-order valence-electron chi connectivity index (χ1n) is 6.98. The van der Waals surface area contributed by atoms with Gasteiger partial charge in [0.1, 0.15) is 5.75 Å². The molecule has 0 unspecified atom stereocenters. The van der Waals surface area contributed by atoms with Gasteiger partial charge in [-0.3, -0.25) is 0 Å². The lowest BCUT2D eigenvalue weighted by atomic mass is 10.1. The zero-order chi connectivity index (χ0) is 15.5. The van der Waals surface area contributed by atoms with Crippen molar-refractivity contribution in [1.82, 2.24) is 9.97 Å². The van der Waals surface area contributed by atoms with E-state index in [-0.39, 0.29) is 5.69 Å². The van der Waals surface area contributed by atoms with Crippen molar-refractivity contribution in [2.45, 2.75) is 6.92 Å². The Kier molecular flexibility index (Phi) is 3.74. The SMILES string of the molecule is COc1ccc(-c2cc(-c3ccc(C)cc3)[nH]c(=O)n2)cc1. The zero-order valence-electron chi connectivity index (χ0n) is 12.5. The van der Waals surface area contributed by atoms with Gasteiger partial charge in [-0.05, 0) is 42.8 Å². The summed E-state index contributed by atoms with van der Waals surface area (Å²) < 4.78 is 5.14. The minimum absolute atomic E-state index is 0.358. The molecule has 0 aliphatic rings. The molecule has 0 fully saturated rings. The van der Waals surface area contributed by atoms with Gasteiger partial charge >= 0.3 is 5.69 Å². The average molecular weight is 292 g/mol. The number of benzene rings is 2. The van der Waals surface area contributed by atoms with Crippen LogP contribution in [0.3, 0.4) is 0 Å².